The molecule has 5 rings (SSSR count). The third kappa shape index (κ3) is 2.86. The van der Waals surface area contributed by atoms with Gasteiger partial charge in [-0.3, -0.25) is 0 Å². The number of hydrogen-bond donors (Lipinski definition) is 0. The Bertz CT molecular complexity index is 1720. The molecule has 0 atom stereocenters. The van der Waals surface area contributed by atoms with Crippen molar-refractivity contribution in [1.82, 2.24) is 4.98 Å². The number of hydrogen-bond acceptors (Lipinski definition) is 2. The summed E-state index contributed by atoms with van der Waals surface area (Å²) in [4.78, 5) is 4.68. The van der Waals surface area contributed by atoms with Gasteiger partial charge in [0.25, 0.3) is 0 Å². The van der Waals surface area contributed by atoms with E-state index in [1.807, 2.05) is 6.20 Å². The summed E-state index contributed by atoms with van der Waals surface area (Å²) in [6, 6.07) is 2.99. The van der Waals surface area contributed by atoms with E-state index in [2.05, 4.69) is 32.7 Å². The topological polar surface area (TPSA) is 29.9 Å². The van der Waals surface area contributed by atoms with Gasteiger partial charge in [-0.25, -0.2) is 9.55 Å². The Kier molecular flexibility index (Phi) is 2.73. The standard InChI is InChI=1S/C29H35N2O/c1-16-13-21(31(9)15-19(16)4)22-17(2)12-18(3)23-24-25-20(14-30-27(24)32-26(22)23)28(5,6)10-11-29(25,7)8/h12-15H,10-11H2,1-9H3/q+1/i1D3,3D3,4D3. The first-order valence-corrected chi connectivity index (χ1v) is 11.0. The molecule has 1 aromatic carbocycles. The molecule has 3 heterocycles. The summed E-state index contributed by atoms with van der Waals surface area (Å²) >= 11 is 0. The fourth-order valence-corrected chi connectivity index (χ4v) is 5.35. The van der Waals surface area contributed by atoms with Gasteiger partial charge in [-0.15, -0.1) is 0 Å². The zero-order valence-electron chi connectivity index (χ0n) is 28.5. The Morgan fingerprint density at radius 2 is 1.66 bits per heavy atom. The van der Waals surface area contributed by atoms with E-state index < -0.39 is 20.6 Å². The summed E-state index contributed by atoms with van der Waals surface area (Å²) in [5.41, 5.74) is 3.28. The number of nitrogens with zero attached hydrogens (tertiary/aromatic N) is 2. The van der Waals surface area contributed by atoms with Crippen LogP contribution in [0, 0.1) is 27.5 Å². The maximum Gasteiger partial charge on any atom is 0.227 e. The smallest absolute Gasteiger partial charge is 0.227 e. The van der Waals surface area contributed by atoms with Gasteiger partial charge >= 0.3 is 0 Å². The quantitative estimate of drug-likeness (QED) is 0.299. The van der Waals surface area contributed by atoms with E-state index in [4.69, 9.17) is 16.8 Å². The molecule has 3 heteroatoms. The molecule has 1 aliphatic rings. The number of benzene rings is 1. The van der Waals surface area contributed by atoms with Crippen LogP contribution < -0.4 is 4.57 Å². The molecule has 4 aromatic rings. The monoisotopic (exact) mass is 436 g/mol. The lowest BCUT2D eigenvalue weighted by Gasteiger charge is -2.41. The number of fused-ring (bicyclic) bond motifs is 5. The van der Waals surface area contributed by atoms with Gasteiger partial charge in [-0.1, -0.05) is 33.8 Å². The molecule has 0 saturated heterocycles. The van der Waals surface area contributed by atoms with Crippen molar-refractivity contribution >= 4 is 22.1 Å². The molecule has 0 unspecified atom stereocenters. The van der Waals surface area contributed by atoms with Crippen LogP contribution in [0.1, 0.15) is 86.3 Å². The number of rotatable bonds is 1. The van der Waals surface area contributed by atoms with E-state index >= 15 is 0 Å². The van der Waals surface area contributed by atoms with Crippen LogP contribution in [-0.4, -0.2) is 4.98 Å². The summed E-state index contributed by atoms with van der Waals surface area (Å²) in [6.07, 6.45) is 5.01. The minimum Gasteiger partial charge on any atom is -0.437 e. The van der Waals surface area contributed by atoms with E-state index in [-0.39, 0.29) is 27.5 Å². The van der Waals surface area contributed by atoms with Gasteiger partial charge in [0, 0.05) is 35.5 Å². The van der Waals surface area contributed by atoms with E-state index in [1.54, 1.807) is 24.6 Å². The van der Waals surface area contributed by atoms with Gasteiger partial charge in [0.05, 0.1) is 10.9 Å². The molecule has 0 radical (unpaired) electrons. The van der Waals surface area contributed by atoms with Crippen molar-refractivity contribution in [3.63, 3.8) is 0 Å². The van der Waals surface area contributed by atoms with Crippen LogP contribution in [0.2, 0.25) is 0 Å². The van der Waals surface area contributed by atoms with E-state index in [1.165, 1.54) is 12.3 Å². The van der Waals surface area contributed by atoms with Crippen molar-refractivity contribution in [2.24, 2.45) is 7.05 Å². The highest BCUT2D eigenvalue weighted by Crippen LogP contribution is 2.51. The molecule has 0 aliphatic heterocycles. The van der Waals surface area contributed by atoms with Gasteiger partial charge in [-0.05, 0) is 79.0 Å². The lowest BCUT2D eigenvalue weighted by molar-refractivity contribution is -0.660. The van der Waals surface area contributed by atoms with Crippen LogP contribution in [0.25, 0.3) is 33.3 Å². The highest BCUT2D eigenvalue weighted by molar-refractivity contribution is 6.12. The zero-order chi connectivity index (χ0) is 30.7. The summed E-state index contributed by atoms with van der Waals surface area (Å²) in [5.74, 6) is 0. The molecule has 0 amide bonds. The molecular formula is C29H35N2O+. The SMILES string of the molecule is [2H]C([2H])([2H])c1cc(-c2c(C)cc(C([2H])([2H])[2H])c3c2oc2ncc4c(c23)C(C)(C)CCC4(C)C)[n+](C)cc1C([2H])([2H])[2H]. The second-order valence-electron chi connectivity index (χ2n) is 10.5. The summed E-state index contributed by atoms with van der Waals surface area (Å²) in [5, 5.41) is 1.10. The Labute approximate surface area is 204 Å². The van der Waals surface area contributed by atoms with Crippen molar-refractivity contribution in [2.45, 2.75) is 78.8 Å². The van der Waals surface area contributed by atoms with Crippen molar-refractivity contribution in [2.75, 3.05) is 0 Å². The van der Waals surface area contributed by atoms with E-state index in [0.29, 0.717) is 38.9 Å². The van der Waals surface area contributed by atoms with Gasteiger partial charge in [0.1, 0.15) is 7.05 Å². The van der Waals surface area contributed by atoms with Crippen LogP contribution in [0.3, 0.4) is 0 Å². The maximum absolute atomic E-state index is 8.44. The summed E-state index contributed by atoms with van der Waals surface area (Å²) < 4.78 is 81.5. The Morgan fingerprint density at radius 1 is 0.938 bits per heavy atom. The van der Waals surface area contributed by atoms with E-state index in [0.717, 1.165) is 24.0 Å². The minimum absolute atomic E-state index is 0.139. The normalized spacial score (nSPS) is 22.5. The Balaban J connectivity index is 2.00. The van der Waals surface area contributed by atoms with Gasteiger partial charge in [0.2, 0.25) is 11.4 Å². The van der Waals surface area contributed by atoms with Crippen molar-refractivity contribution in [1.29, 1.82) is 0 Å². The number of aryl methyl sites for hydroxylation is 5. The van der Waals surface area contributed by atoms with Gasteiger partial charge < -0.3 is 4.42 Å². The molecule has 3 nitrogen and oxygen atoms in total. The zero-order valence-corrected chi connectivity index (χ0v) is 19.5. The van der Waals surface area contributed by atoms with Crippen LogP contribution in [0.5, 0.6) is 0 Å². The average Bonchev–Trinajstić information content (AvgIpc) is 3.18. The number of aromatic nitrogens is 2. The predicted molar refractivity (Wildman–Crippen MR) is 132 cm³/mol. The van der Waals surface area contributed by atoms with E-state index in [9.17, 15) is 0 Å². The third-order valence-corrected chi connectivity index (χ3v) is 7.28. The first-order valence-electron chi connectivity index (χ1n) is 15.5. The van der Waals surface area contributed by atoms with Gasteiger partial charge in [-0.2, -0.15) is 0 Å². The molecule has 166 valence electrons. The molecule has 0 saturated carbocycles. The second-order valence-corrected chi connectivity index (χ2v) is 10.5. The molecule has 0 fully saturated rings. The van der Waals surface area contributed by atoms with Crippen molar-refractivity contribution in [3.8, 4) is 11.3 Å². The molecule has 1 aliphatic carbocycles. The average molecular weight is 437 g/mol. The van der Waals surface area contributed by atoms with Gasteiger partial charge in [0.15, 0.2) is 11.8 Å². The first-order chi connectivity index (χ1) is 18.6. The van der Waals surface area contributed by atoms with Crippen LogP contribution in [0.15, 0.2) is 28.9 Å². The van der Waals surface area contributed by atoms with Crippen LogP contribution >= 0.6 is 0 Å². The first kappa shape index (κ1) is 13.1. The molecule has 3 aromatic heterocycles. The number of furan rings is 1. The predicted octanol–water partition coefficient (Wildman–Crippen LogP) is 7.06. The number of pyridine rings is 2. The van der Waals surface area contributed by atoms with Crippen LogP contribution in [0.4, 0.5) is 0 Å². The van der Waals surface area contributed by atoms with Crippen molar-refractivity contribution in [3.05, 3.63) is 57.9 Å². The molecule has 0 bridgehead atoms. The lowest BCUT2D eigenvalue weighted by Crippen LogP contribution is -2.34. The highest BCUT2D eigenvalue weighted by atomic mass is 16.3. The molecule has 32 heavy (non-hydrogen) atoms. The highest BCUT2D eigenvalue weighted by Gasteiger charge is 2.40. The Morgan fingerprint density at radius 3 is 2.38 bits per heavy atom. The largest absolute Gasteiger partial charge is 0.437 e. The van der Waals surface area contributed by atoms with Crippen LogP contribution in [-0.2, 0) is 17.9 Å². The molecule has 0 N–H and O–H groups in total. The third-order valence-electron chi connectivity index (χ3n) is 7.28. The fourth-order valence-electron chi connectivity index (χ4n) is 5.35. The fraction of sp³-hybridized carbons (Fsp3) is 0.448. The summed E-state index contributed by atoms with van der Waals surface area (Å²) in [7, 11) is 1.64. The second kappa shape index (κ2) is 6.66. The molecular weight excluding hydrogens is 392 g/mol. The Hall–Kier alpha value is -2.68. The maximum atomic E-state index is 8.44. The lowest BCUT2D eigenvalue weighted by atomic mass is 9.63. The van der Waals surface area contributed by atoms with Crippen molar-refractivity contribution < 1.29 is 21.3 Å². The molecule has 0 spiro atoms. The summed E-state index contributed by atoms with van der Waals surface area (Å²) in [6.45, 7) is 2.59. The minimum atomic E-state index is -2.69.